The third-order valence-corrected chi connectivity index (χ3v) is 4.90. The van der Waals surface area contributed by atoms with Crippen molar-refractivity contribution in [1.82, 2.24) is 9.88 Å². The molecule has 1 aromatic heterocycles. The summed E-state index contributed by atoms with van der Waals surface area (Å²) in [5.74, 6) is -0.708. The second kappa shape index (κ2) is 7.27. The molecular formula is C22H18F2N2O. The van der Waals surface area contributed by atoms with Crippen molar-refractivity contribution in [1.29, 1.82) is 0 Å². The van der Waals surface area contributed by atoms with Gasteiger partial charge in [0.25, 0.3) is 5.91 Å². The van der Waals surface area contributed by atoms with E-state index in [1.165, 1.54) is 30.5 Å². The van der Waals surface area contributed by atoms with Crippen LogP contribution in [-0.4, -0.2) is 22.3 Å². The van der Waals surface area contributed by atoms with Gasteiger partial charge in [0, 0.05) is 18.3 Å². The molecule has 1 aliphatic heterocycles. The van der Waals surface area contributed by atoms with Gasteiger partial charge in [-0.05, 0) is 54.8 Å². The standard InChI is InChI=1S/C22H18F2N2O/c23-18-9-6-15(7-10-18)21-5-2-12-26(21)22(27)17-8-11-20(25-14-17)16-3-1-4-19(24)13-16/h1,3-4,6-11,13-14,21H,2,5,12H2. The van der Waals surface area contributed by atoms with Crippen molar-refractivity contribution in [3.63, 3.8) is 0 Å². The van der Waals surface area contributed by atoms with E-state index in [1.54, 1.807) is 36.4 Å². The fourth-order valence-electron chi connectivity index (χ4n) is 3.55. The summed E-state index contributed by atoms with van der Waals surface area (Å²) in [5, 5.41) is 0. The highest BCUT2D eigenvalue weighted by atomic mass is 19.1. The van der Waals surface area contributed by atoms with Crippen molar-refractivity contribution in [2.75, 3.05) is 6.54 Å². The average molecular weight is 364 g/mol. The van der Waals surface area contributed by atoms with E-state index in [9.17, 15) is 13.6 Å². The lowest BCUT2D eigenvalue weighted by molar-refractivity contribution is 0.0735. The molecule has 1 fully saturated rings. The summed E-state index contributed by atoms with van der Waals surface area (Å²) >= 11 is 0. The number of rotatable bonds is 3. The molecule has 27 heavy (non-hydrogen) atoms. The van der Waals surface area contributed by atoms with Gasteiger partial charge in [0.05, 0.1) is 17.3 Å². The topological polar surface area (TPSA) is 33.2 Å². The number of amides is 1. The number of pyridine rings is 1. The predicted molar refractivity (Wildman–Crippen MR) is 99.0 cm³/mol. The van der Waals surface area contributed by atoms with Crippen LogP contribution >= 0.6 is 0 Å². The number of carbonyl (C=O) groups is 1. The molecule has 3 nitrogen and oxygen atoms in total. The molecule has 1 saturated heterocycles. The molecule has 5 heteroatoms. The summed E-state index contributed by atoms with van der Waals surface area (Å²) < 4.78 is 26.6. The molecule has 3 aromatic rings. The van der Waals surface area contributed by atoms with E-state index in [0.29, 0.717) is 23.4 Å². The first-order valence-electron chi connectivity index (χ1n) is 8.90. The molecule has 0 saturated carbocycles. The Hall–Kier alpha value is -3.08. The molecule has 1 amide bonds. The maximum Gasteiger partial charge on any atom is 0.255 e. The van der Waals surface area contributed by atoms with Gasteiger partial charge in [0.1, 0.15) is 11.6 Å². The Kier molecular flexibility index (Phi) is 4.67. The SMILES string of the molecule is O=C(c1ccc(-c2cccc(F)c2)nc1)N1CCCC1c1ccc(F)cc1. The first kappa shape index (κ1) is 17.3. The Balaban J connectivity index is 1.56. The van der Waals surface area contributed by atoms with E-state index in [1.807, 2.05) is 4.90 Å². The first-order chi connectivity index (χ1) is 13.1. The van der Waals surface area contributed by atoms with Gasteiger partial charge >= 0.3 is 0 Å². The number of nitrogens with zero attached hydrogens (tertiary/aromatic N) is 2. The largest absolute Gasteiger partial charge is 0.332 e. The van der Waals surface area contributed by atoms with Gasteiger partial charge in [0.15, 0.2) is 0 Å². The van der Waals surface area contributed by atoms with E-state index in [2.05, 4.69) is 4.98 Å². The van der Waals surface area contributed by atoms with Gasteiger partial charge < -0.3 is 4.90 Å². The zero-order valence-electron chi connectivity index (χ0n) is 14.6. The minimum Gasteiger partial charge on any atom is -0.332 e. The molecule has 0 spiro atoms. The summed E-state index contributed by atoms with van der Waals surface area (Å²) in [5.41, 5.74) is 2.71. The van der Waals surface area contributed by atoms with Gasteiger partial charge in [-0.2, -0.15) is 0 Å². The molecule has 0 radical (unpaired) electrons. The summed E-state index contributed by atoms with van der Waals surface area (Å²) in [6.07, 6.45) is 3.29. The Labute approximate surface area is 156 Å². The second-order valence-electron chi connectivity index (χ2n) is 6.65. The van der Waals surface area contributed by atoms with Gasteiger partial charge in [-0.25, -0.2) is 8.78 Å². The maximum atomic E-state index is 13.4. The summed E-state index contributed by atoms with van der Waals surface area (Å²) in [4.78, 5) is 19.1. The van der Waals surface area contributed by atoms with Crippen molar-refractivity contribution in [2.45, 2.75) is 18.9 Å². The maximum absolute atomic E-state index is 13.4. The summed E-state index contributed by atoms with van der Waals surface area (Å²) in [7, 11) is 0. The Morgan fingerprint density at radius 2 is 1.81 bits per heavy atom. The number of likely N-dealkylation sites (tertiary alicyclic amines) is 1. The summed E-state index contributed by atoms with van der Waals surface area (Å²) in [6, 6.07) is 15.9. The number of hydrogen-bond acceptors (Lipinski definition) is 2. The minimum atomic E-state index is -0.325. The van der Waals surface area contributed by atoms with Crippen molar-refractivity contribution in [3.05, 3.63) is 89.6 Å². The molecule has 4 rings (SSSR count). The van der Waals surface area contributed by atoms with Gasteiger partial charge in [-0.15, -0.1) is 0 Å². The highest BCUT2D eigenvalue weighted by Crippen LogP contribution is 2.33. The molecule has 2 heterocycles. The van der Waals surface area contributed by atoms with Gasteiger partial charge in [-0.1, -0.05) is 24.3 Å². The molecule has 1 unspecified atom stereocenters. The van der Waals surface area contributed by atoms with E-state index in [0.717, 1.165) is 18.4 Å². The molecule has 136 valence electrons. The monoisotopic (exact) mass is 364 g/mol. The zero-order chi connectivity index (χ0) is 18.8. The lowest BCUT2D eigenvalue weighted by Gasteiger charge is -2.25. The van der Waals surface area contributed by atoms with Crippen LogP contribution in [0, 0.1) is 11.6 Å². The van der Waals surface area contributed by atoms with Gasteiger partial charge in [-0.3, -0.25) is 9.78 Å². The second-order valence-corrected chi connectivity index (χ2v) is 6.65. The van der Waals surface area contributed by atoms with Gasteiger partial charge in [0.2, 0.25) is 0 Å². The number of benzene rings is 2. The normalized spacial score (nSPS) is 16.5. The third-order valence-electron chi connectivity index (χ3n) is 4.90. The van der Waals surface area contributed by atoms with Crippen LogP contribution in [0.25, 0.3) is 11.3 Å². The minimum absolute atomic E-state index is 0.0546. The fourth-order valence-corrected chi connectivity index (χ4v) is 3.55. The van der Waals surface area contributed by atoms with E-state index < -0.39 is 0 Å². The number of aromatic nitrogens is 1. The highest BCUT2D eigenvalue weighted by Gasteiger charge is 2.30. The molecule has 1 aliphatic rings. The van der Waals surface area contributed by atoms with Crippen LogP contribution in [0.5, 0.6) is 0 Å². The fraction of sp³-hybridized carbons (Fsp3) is 0.182. The van der Waals surface area contributed by atoms with Crippen molar-refractivity contribution in [2.24, 2.45) is 0 Å². The van der Waals surface area contributed by atoms with Crippen molar-refractivity contribution in [3.8, 4) is 11.3 Å². The quantitative estimate of drug-likeness (QED) is 0.655. The van der Waals surface area contributed by atoms with E-state index in [4.69, 9.17) is 0 Å². The summed E-state index contributed by atoms with van der Waals surface area (Å²) in [6.45, 7) is 0.659. The lowest BCUT2D eigenvalue weighted by Crippen LogP contribution is -2.30. The highest BCUT2D eigenvalue weighted by molar-refractivity contribution is 5.94. The lowest BCUT2D eigenvalue weighted by atomic mass is 10.0. The Morgan fingerprint density at radius 1 is 1.00 bits per heavy atom. The average Bonchev–Trinajstić information content (AvgIpc) is 3.18. The van der Waals surface area contributed by atoms with Crippen molar-refractivity contribution < 1.29 is 13.6 Å². The van der Waals surface area contributed by atoms with Crippen LogP contribution in [0.2, 0.25) is 0 Å². The molecular weight excluding hydrogens is 346 g/mol. The first-order valence-corrected chi connectivity index (χ1v) is 8.90. The Bertz CT molecular complexity index is 955. The van der Waals surface area contributed by atoms with Crippen molar-refractivity contribution >= 4 is 5.91 Å². The van der Waals surface area contributed by atoms with Crippen LogP contribution in [0.1, 0.15) is 34.8 Å². The van der Waals surface area contributed by atoms with Crippen LogP contribution < -0.4 is 0 Å². The smallest absolute Gasteiger partial charge is 0.255 e. The van der Waals surface area contributed by atoms with E-state index in [-0.39, 0.29) is 23.6 Å². The van der Waals surface area contributed by atoms with Crippen LogP contribution in [0.15, 0.2) is 66.9 Å². The molecule has 2 aromatic carbocycles. The Morgan fingerprint density at radius 3 is 2.52 bits per heavy atom. The number of halogens is 2. The van der Waals surface area contributed by atoms with Crippen LogP contribution in [-0.2, 0) is 0 Å². The zero-order valence-corrected chi connectivity index (χ0v) is 14.6. The number of carbonyl (C=O) groups excluding carboxylic acids is 1. The van der Waals surface area contributed by atoms with Crippen LogP contribution in [0.4, 0.5) is 8.78 Å². The van der Waals surface area contributed by atoms with Crippen LogP contribution in [0.3, 0.4) is 0 Å². The molecule has 0 aliphatic carbocycles. The van der Waals surface area contributed by atoms with E-state index >= 15 is 0 Å². The third kappa shape index (κ3) is 3.58. The number of hydrogen-bond donors (Lipinski definition) is 0. The molecule has 0 bridgehead atoms. The molecule has 1 atom stereocenters. The predicted octanol–water partition coefficient (Wildman–Crippen LogP) is 5.00. The molecule has 0 N–H and O–H groups in total.